The second-order valence-corrected chi connectivity index (χ2v) is 9.94. The Balaban J connectivity index is 1.14. The van der Waals surface area contributed by atoms with Crippen LogP contribution in [-0.4, -0.2) is 63.8 Å². The summed E-state index contributed by atoms with van der Waals surface area (Å²) in [6.45, 7) is 2.20. The number of H-pyrrole nitrogens is 1. The summed E-state index contributed by atoms with van der Waals surface area (Å²) >= 11 is 0. The highest BCUT2D eigenvalue weighted by molar-refractivity contribution is 6.04. The number of rotatable bonds is 7. The predicted octanol–water partition coefficient (Wildman–Crippen LogP) is 5.18. The maximum absolute atomic E-state index is 12.9. The summed E-state index contributed by atoms with van der Waals surface area (Å²) in [7, 11) is 3.81. The highest BCUT2D eigenvalue weighted by Gasteiger charge is 2.17. The van der Waals surface area contributed by atoms with Gasteiger partial charge >= 0.3 is 0 Å². The van der Waals surface area contributed by atoms with Crippen LogP contribution in [0.1, 0.15) is 23.2 Å². The molecule has 1 saturated heterocycles. The predicted molar refractivity (Wildman–Crippen MR) is 154 cm³/mol. The Hall–Kier alpha value is -4.63. The summed E-state index contributed by atoms with van der Waals surface area (Å²) in [5, 5.41) is 13.8. The SMILES string of the molecule is COc1ccc(-n2cnc3ccc(-c4cc(NC(=O)c5ccc(NC6CCN(C)CC6)cc5)n[nH]4)cc32)cc1. The number of hydrogen-bond donors (Lipinski definition) is 3. The van der Waals surface area contributed by atoms with Gasteiger partial charge in [0.15, 0.2) is 5.82 Å². The van der Waals surface area contributed by atoms with E-state index in [4.69, 9.17) is 4.74 Å². The number of fused-ring (bicyclic) bond motifs is 1. The van der Waals surface area contributed by atoms with Gasteiger partial charge in [0, 0.05) is 34.6 Å². The lowest BCUT2D eigenvalue weighted by atomic mass is 10.0. The maximum atomic E-state index is 12.9. The average Bonchev–Trinajstić information content (AvgIpc) is 3.61. The van der Waals surface area contributed by atoms with E-state index in [2.05, 4.69) is 43.8 Å². The number of hydrogen-bond acceptors (Lipinski definition) is 6. The zero-order chi connectivity index (χ0) is 26.8. The number of nitrogens with zero attached hydrogens (tertiary/aromatic N) is 4. The molecule has 1 aliphatic rings. The molecule has 2 aromatic heterocycles. The molecule has 0 unspecified atom stereocenters. The molecule has 0 atom stereocenters. The normalized spacial score (nSPS) is 14.4. The number of imidazole rings is 1. The van der Waals surface area contributed by atoms with Gasteiger partial charge in [0.25, 0.3) is 5.91 Å². The Labute approximate surface area is 226 Å². The molecule has 1 amide bonds. The van der Waals surface area contributed by atoms with Gasteiger partial charge in [-0.3, -0.25) is 14.5 Å². The molecule has 0 saturated carbocycles. The van der Waals surface area contributed by atoms with Crippen LogP contribution in [0.2, 0.25) is 0 Å². The van der Waals surface area contributed by atoms with E-state index < -0.39 is 0 Å². The molecule has 9 nitrogen and oxygen atoms in total. The molecule has 3 heterocycles. The third-order valence-electron chi connectivity index (χ3n) is 7.26. The second-order valence-electron chi connectivity index (χ2n) is 9.94. The number of ether oxygens (including phenoxy) is 1. The average molecular weight is 522 g/mol. The summed E-state index contributed by atoms with van der Waals surface area (Å²) in [5.41, 5.74) is 6.19. The number of carbonyl (C=O) groups excluding carboxylic acids is 1. The van der Waals surface area contributed by atoms with E-state index in [1.54, 1.807) is 7.11 Å². The number of amides is 1. The van der Waals surface area contributed by atoms with E-state index in [1.807, 2.05) is 77.6 Å². The van der Waals surface area contributed by atoms with Crippen molar-refractivity contribution in [3.05, 3.63) is 84.7 Å². The van der Waals surface area contributed by atoms with Gasteiger partial charge in [0.1, 0.15) is 12.1 Å². The Morgan fingerprint density at radius 3 is 2.51 bits per heavy atom. The van der Waals surface area contributed by atoms with Crippen molar-refractivity contribution >= 4 is 28.4 Å². The summed E-state index contributed by atoms with van der Waals surface area (Å²) in [6, 6.07) is 23.8. The Morgan fingerprint density at radius 1 is 1.00 bits per heavy atom. The van der Waals surface area contributed by atoms with E-state index in [0.29, 0.717) is 17.4 Å². The fourth-order valence-electron chi connectivity index (χ4n) is 4.95. The largest absolute Gasteiger partial charge is 0.497 e. The molecule has 1 fully saturated rings. The highest BCUT2D eigenvalue weighted by atomic mass is 16.5. The van der Waals surface area contributed by atoms with Gasteiger partial charge < -0.3 is 20.3 Å². The number of anilines is 2. The Bertz CT molecular complexity index is 1580. The van der Waals surface area contributed by atoms with Crippen LogP contribution in [0, 0.1) is 0 Å². The Kier molecular flexibility index (Phi) is 6.73. The lowest BCUT2D eigenvalue weighted by Crippen LogP contribution is -2.36. The molecule has 0 spiro atoms. The number of carbonyl (C=O) groups is 1. The standard InChI is InChI=1S/C30H31N7O2/c1-36-15-13-23(14-16-36)32-22-6-3-20(4-7-22)30(38)33-29-18-27(34-35-29)21-5-12-26-28(17-21)37(19-31-26)24-8-10-25(39-2)11-9-24/h3-12,17-19,23,32H,13-16H2,1-2H3,(H2,33,34,35,38). The summed E-state index contributed by atoms with van der Waals surface area (Å²) in [5.74, 6) is 1.07. The number of nitrogens with one attached hydrogen (secondary N) is 3. The van der Waals surface area contributed by atoms with E-state index >= 15 is 0 Å². The van der Waals surface area contributed by atoms with Gasteiger partial charge in [-0.1, -0.05) is 6.07 Å². The number of aromatic amines is 1. The number of aromatic nitrogens is 4. The van der Waals surface area contributed by atoms with Crippen LogP contribution in [0.4, 0.5) is 11.5 Å². The molecule has 1 aliphatic heterocycles. The fraction of sp³-hybridized carbons (Fsp3) is 0.233. The van der Waals surface area contributed by atoms with Crippen LogP contribution in [0.15, 0.2) is 79.1 Å². The van der Waals surface area contributed by atoms with Crippen molar-refractivity contribution in [1.82, 2.24) is 24.6 Å². The summed E-state index contributed by atoms with van der Waals surface area (Å²) in [4.78, 5) is 19.8. The molecule has 39 heavy (non-hydrogen) atoms. The smallest absolute Gasteiger partial charge is 0.256 e. The first kappa shape index (κ1) is 24.7. The van der Waals surface area contributed by atoms with Crippen LogP contribution >= 0.6 is 0 Å². The fourth-order valence-corrected chi connectivity index (χ4v) is 4.95. The highest BCUT2D eigenvalue weighted by Crippen LogP contribution is 2.27. The minimum atomic E-state index is -0.202. The molecule has 0 aliphatic carbocycles. The quantitative estimate of drug-likeness (QED) is 0.273. The van der Waals surface area contributed by atoms with Crippen LogP contribution in [-0.2, 0) is 0 Å². The van der Waals surface area contributed by atoms with Gasteiger partial charge in [0.2, 0.25) is 0 Å². The molecule has 198 valence electrons. The number of benzene rings is 3. The topological polar surface area (TPSA) is 100 Å². The van der Waals surface area contributed by atoms with Crippen LogP contribution in [0.3, 0.4) is 0 Å². The van der Waals surface area contributed by atoms with Crippen molar-refractivity contribution in [1.29, 1.82) is 0 Å². The van der Waals surface area contributed by atoms with Gasteiger partial charge in [-0.2, -0.15) is 5.10 Å². The molecule has 5 aromatic rings. The lowest BCUT2D eigenvalue weighted by Gasteiger charge is -2.30. The monoisotopic (exact) mass is 521 g/mol. The van der Waals surface area contributed by atoms with Crippen molar-refractivity contribution in [2.75, 3.05) is 37.9 Å². The minimum Gasteiger partial charge on any atom is -0.497 e. The molecule has 6 rings (SSSR count). The van der Waals surface area contributed by atoms with Crippen molar-refractivity contribution < 1.29 is 9.53 Å². The lowest BCUT2D eigenvalue weighted by molar-refractivity contribution is 0.102. The third kappa shape index (κ3) is 5.35. The van der Waals surface area contributed by atoms with E-state index in [9.17, 15) is 4.79 Å². The number of piperidine rings is 1. The first-order chi connectivity index (χ1) is 19.1. The van der Waals surface area contributed by atoms with E-state index in [-0.39, 0.29) is 5.91 Å². The molecule has 0 bridgehead atoms. The van der Waals surface area contributed by atoms with Crippen LogP contribution < -0.4 is 15.4 Å². The molecule has 9 heteroatoms. The van der Waals surface area contributed by atoms with E-state index in [0.717, 1.165) is 65.3 Å². The zero-order valence-corrected chi connectivity index (χ0v) is 22.0. The maximum Gasteiger partial charge on any atom is 0.256 e. The second kappa shape index (κ2) is 10.6. The molecule has 0 radical (unpaired) electrons. The third-order valence-corrected chi connectivity index (χ3v) is 7.26. The van der Waals surface area contributed by atoms with Crippen molar-refractivity contribution in [3.63, 3.8) is 0 Å². The Morgan fingerprint density at radius 2 is 1.77 bits per heavy atom. The van der Waals surface area contributed by atoms with Crippen molar-refractivity contribution in [2.45, 2.75) is 18.9 Å². The molecule has 3 N–H and O–H groups in total. The van der Waals surface area contributed by atoms with Crippen molar-refractivity contribution in [3.8, 4) is 22.7 Å². The first-order valence-corrected chi connectivity index (χ1v) is 13.1. The summed E-state index contributed by atoms with van der Waals surface area (Å²) in [6.07, 6.45) is 4.05. The first-order valence-electron chi connectivity index (χ1n) is 13.1. The van der Waals surface area contributed by atoms with Gasteiger partial charge in [0.05, 0.1) is 23.8 Å². The van der Waals surface area contributed by atoms with Crippen LogP contribution in [0.25, 0.3) is 28.0 Å². The number of likely N-dealkylation sites (tertiary alicyclic amines) is 1. The summed E-state index contributed by atoms with van der Waals surface area (Å²) < 4.78 is 7.31. The van der Waals surface area contributed by atoms with Crippen LogP contribution in [0.5, 0.6) is 5.75 Å². The zero-order valence-electron chi connectivity index (χ0n) is 22.0. The van der Waals surface area contributed by atoms with Gasteiger partial charge in [-0.05, 0) is 93.6 Å². The molecular formula is C30H31N7O2. The molecular weight excluding hydrogens is 490 g/mol. The number of methoxy groups -OCH3 is 1. The van der Waals surface area contributed by atoms with Crippen molar-refractivity contribution in [2.24, 2.45) is 0 Å². The van der Waals surface area contributed by atoms with Gasteiger partial charge in [-0.25, -0.2) is 4.98 Å². The van der Waals surface area contributed by atoms with E-state index in [1.165, 1.54) is 0 Å². The van der Waals surface area contributed by atoms with Gasteiger partial charge in [-0.15, -0.1) is 0 Å². The minimum absolute atomic E-state index is 0.202. The molecule has 3 aromatic carbocycles.